The molecule has 0 aliphatic carbocycles. The second kappa shape index (κ2) is 11.3. The van der Waals surface area contributed by atoms with E-state index in [2.05, 4.69) is 60.2 Å². The molecule has 4 heteroatoms. The van der Waals surface area contributed by atoms with Gasteiger partial charge < -0.3 is 10.2 Å². The molecule has 1 saturated heterocycles. The third-order valence-corrected chi connectivity index (χ3v) is 5.95. The minimum Gasteiger partial charge on any atom is -0.322 e. The zero-order valence-electron chi connectivity index (χ0n) is 18.9. The Morgan fingerprint density at radius 2 is 1.53 bits per heavy atom. The molecule has 1 fully saturated rings. The molecule has 1 aliphatic rings. The Hall–Kier alpha value is -2.17. The number of hydrogen-bond donors (Lipinski definition) is 1. The SMILES string of the molecule is CCc1ccc(NC(=O)c2ccc(CN3CCCN(CCC(C)C)CC3)cc2)cc1. The fraction of sp³-hybridized carbons (Fsp3) is 0.500. The van der Waals surface area contributed by atoms with Crippen LogP contribution in [0, 0.1) is 5.92 Å². The first-order chi connectivity index (χ1) is 14.5. The van der Waals surface area contributed by atoms with E-state index in [1.807, 2.05) is 24.3 Å². The summed E-state index contributed by atoms with van der Waals surface area (Å²) in [7, 11) is 0. The maximum atomic E-state index is 12.5. The van der Waals surface area contributed by atoms with Crippen LogP contribution in [0.1, 0.15) is 55.1 Å². The fourth-order valence-corrected chi connectivity index (χ4v) is 3.89. The molecular formula is C26H37N3O. The Balaban J connectivity index is 1.49. The fourth-order valence-electron chi connectivity index (χ4n) is 3.89. The number of carbonyl (C=O) groups is 1. The summed E-state index contributed by atoms with van der Waals surface area (Å²) in [4.78, 5) is 17.7. The van der Waals surface area contributed by atoms with Crippen LogP contribution >= 0.6 is 0 Å². The summed E-state index contributed by atoms with van der Waals surface area (Å²) in [6.07, 6.45) is 3.52. The number of nitrogens with one attached hydrogen (secondary N) is 1. The van der Waals surface area contributed by atoms with Crippen molar-refractivity contribution in [3.63, 3.8) is 0 Å². The Morgan fingerprint density at radius 1 is 0.900 bits per heavy atom. The van der Waals surface area contributed by atoms with Crippen LogP contribution in [0.3, 0.4) is 0 Å². The van der Waals surface area contributed by atoms with Crippen LogP contribution < -0.4 is 5.32 Å². The van der Waals surface area contributed by atoms with Gasteiger partial charge in [-0.25, -0.2) is 0 Å². The number of carbonyl (C=O) groups excluding carboxylic acids is 1. The average molecular weight is 408 g/mol. The number of amides is 1. The molecular weight excluding hydrogens is 370 g/mol. The molecule has 162 valence electrons. The third kappa shape index (κ3) is 6.96. The van der Waals surface area contributed by atoms with E-state index in [4.69, 9.17) is 0 Å². The van der Waals surface area contributed by atoms with Crippen molar-refractivity contribution in [1.82, 2.24) is 9.80 Å². The topological polar surface area (TPSA) is 35.6 Å². The molecule has 0 atom stereocenters. The van der Waals surface area contributed by atoms with E-state index >= 15 is 0 Å². The van der Waals surface area contributed by atoms with E-state index in [0.29, 0.717) is 5.56 Å². The van der Waals surface area contributed by atoms with E-state index in [1.54, 1.807) is 0 Å². The molecule has 0 aromatic heterocycles. The molecule has 1 N–H and O–H groups in total. The number of aryl methyl sites for hydroxylation is 1. The molecule has 0 saturated carbocycles. The van der Waals surface area contributed by atoms with Gasteiger partial charge in [0.2, 0.25) is 0 Å². The predicted octanol–water partition coefficient (Wildman–Crippen LogP) is 5.06. The molecule has 1 heterocycles. The summed E-state index contributed by atoms with van der Waals surface area (Å²) in [6, 6.07) is 16.1. The van der Waals surface area contributed by atoms with Crippen LogP contribution in [-0.4, -0.2) is 48.4 Å². The smallest absolute Gasteiger partial charge is 0.255 e. The highest BCUT2D eigenvalue weighted by atomic mass is 16.1. The van der Waals surface area contributed by atoms with Gasteiger partial charge in [-0.2, -0.15) is 0 Å². The lowest BCUT2D eigenvalue weighted by atomic mass is 10.1. The highest BCUT2D eigenvalue weighted by Crippen LogP contribution is 2.14. The predicted molar refractivity (Wildman–Crippen MR) is 126 cm³/mol. The van der Waals surface area contributed by atoms with Gasteiger partial charge >= 0.3 is 0 Å². The van der Waals surface area contributed by atoms with Crippen molar-refractivity contribution >= 4 is 11.6 Å². The molecule has 0 unspecified atom stereocenters. The number of nitrogens with zero attached hydrogens (tertiary/aromatic N) is 2. The van der Waals surface area contributed by atoms with Crippen LogP contribution in [-0.2, 0) is 13.0 Å². The van der Waals surface area contributed by atoms with Crippen LogP contribution in [0.25, 0.3) is 0 Å². The second-order valence-electron chi connectivity index (χ2n) is 8.86. The maximum absolute atomic E-state index is 12.5. The minimum absolute atomic E-state index is 0.0543. The molecule has 2 aromatic carbocycles. The summed E-state index contributed by atoms with van der Waals surface area (Å²) in [6.45, 7) is 13.5. The summed E-state index contributed by atoms with van der Waals surface area (Å²) in [5, 5.41) is 2.99. The largest absolute Gasteiger partial charge is 0.322 e. The first kappa shape index (κ1) is 22.5. The van der Waals surface area contributed by atoms with Crippen LogP contribution in [0.4, 0.5) is 5.69 Å². The van der Waals surface area contributed by atoms with Crippen molar-refractivity contribution in [3.05, 3.63) is 65.2 Å². The quantitative estimate of drug-likeness (QED) is 0.665. The molecule has 30 heavy (non-hydrogen) atoms. The van der Waals surface area contributed by atoms with Gasteiger partial charge in [-0.1, -0.05) is 45.0 Å². The molecule has 0 bridgehead atoms. The van der Waals surface area contributed by atoms with Gasteiger partial charge in [0, 0.05) is 30.9 Å². The molecule has 4 nitrogen and oxygen atoms in total. The van der Waals surface area contributed by atoms with Crippen molar-refractivity contribution < 1.29 is 4.79 Å². The van der Waals surface area contributed by atoms with Gasteiger partial charge in [-0.15, -0.1) is 0 Å². The number of anilines is 1. The summed E-state index contributed by atoms with van der Waals surface area (Å²) < 4.78 is 0. The lowest BCUT2D eigenvalue weighted by Gasteiger charge is -2.22. The highest BCUT2D eigenvalue weighted by Gasteiger charge is 2.15. The standard InChI is InChI=1S/C26H37N3O/c1-4-22-8-12-25(13-9-22)27-26(30)24-10-6-23(7-11-24)20-29-16-5-15-28(18-19-29)17-14-21(2)3/h6-13,21H,4-5,14-20H2,1-3H3,(H,27,30). The number of rotatable bonds is 8. The number of hydrogen-bond acceptors (Lipinski definition) is 3. The van der Waals surface area contributed by atoms with Gasteiger partial charge in [0.25, 0.3) is 5.91 Å². The molecule has 1 aliphatic heterocycles. The summed E-state index contributed by atoms with van der Waals surface area (Å²) in [5.74, 6) is 0.720. The van der Waals surface area contributed by atoms with E-state index < -0.39 is 0 Å². The Labute approximate surface area is 182 Å². The average Bonchev–Trinajstić information content (AvgIpc) is 2.98. The number of benzene rings is 2. The van der Waals surface area contributed by atoms with Gasteiger partial charge in [0.05, 0.1) is 0 Å². The second-order valence-corrected chi connectivity index (χ2v) is 8.86. The van der Waals surface area contributed by atoms with Crippen LogP contribution in [0.2, 0.25) is 0 Å². The van der Waals surface area contributed by atoms with E-state index in [1.165, 1.54) is 37.1 Å². The van der Waals surface area contributed by atoms with E-state index in [0.717, 1.165) is 44.2 Å². The molecule has 3 rings (SSSR count). The molecule has 2 aromatic rings. The monoisotopic (exact) mass is 407 g/mol. The lowest BCUT2D eigenvalue weighted by molar-refractivity contribution is 0.102. The van der Waals surface area contributed by atoms with Crippen molar-refractivity contribution in [2.45, 2.75) is 46.6 Å². The Kier molecular flexibility index (Phi) is 8.47. The van der Waals surface area contributed by atoms with Crippen molar-refractivity contribution in [2.75, 3.05) is 38.0 Å². The zero-order valence-corrected chi connectivity index (χ0v) is 18.9. The van der Waals surface area contributed by atoms with Gasteiger partial charge in [-0.05, 0) is 80.2 Å². The van der Waals surface area contributed by atoms with E-state index in [9.17, 15) is 4.79 Å². The first-order valence-electron chi connectivity index (χ1n) is 11.5. The minimum atomic E-state index is -0.0543. The van der Waals surface area contributed by atoms with Gasteiger partial charge in [-0.3, -0.25) is 9.69 Å². The normalized spacial score (nSPS) is 15.9. The van der Waals surface area contributed by atoms with Crippen LogP contribution in [0.5, 0.6) is 0 Å². The third-order valence-electron chi connectivity index (χ3n) is 5.95. The summed E-state index contributed by atoms with van der Waals surface area (Å²) in [5.41, 5.74) is 4.09. The lowest BCUT2D eigenvalue weighted by Crippen LogP contribution is -2.31. The highest BCUT2D eigenvalue weighted by molar-refractivity contribution is 6.04. The molecule has 0 radical (unpaired) electrons. The van der Waals surface area contributed by atoms with Gasteiger partial charge in [0.1, 0.15) is 0 Å². The maximum Gasteiger partial charge on any atom is 0.255 e. The summed E-state index contributed by atoms with van der Waals surface area (Å²) >= 11 is 0. The van der Waals surface area contributed by atoms with Crippen molar-refractivity contribution in [2.24, 2.45) is 5.92 Å². The van der Waals surface area contributed by atoms with E-state index in [-0.39, 0.29) is 5.91 Å². The molecule has 0 spiro atoms. The van der Waals surface area contributed by atoms with Crippen LogP contribution in [0.15, 0.2) is 48.5 Å². The first-order valence-corrected chi connectivity index (χ1v) is 11.5. The Morgan fingerprint density at radius 3 is 2.20 bits per heavy atom. The molecule has 1 amide bonds. The van der Waals surface area contributed by atoms with Gasteiger partial charge in [0.15, 0.2) is 0 Å². The zero-order chi connectivity index (χ0) is 21.3. The van der Waals surface area contributed by atoms with Crippen molar-refractivity contribution in [1.29, 1.82) is 0 Å². The Bertz CT molecular complexity index is 783. The van der Waals surface area contributed by atoms with Crippen molar-refractivity contribution in [3.8, 4) is 0 Å².